The summed E-state index contributed by atoms with van der Waals surface area (Å²) in [6.45, 7) is 1.58. The van der Waals surface area contributed by atoms with Crippen LogP contribution in [0.25, 0.3) is 10.9 Å². The van der Waals surface area contributed by atoms with Crippen LogP contribution in [0.4, 0.5) is 4.39 Å². The van der Waals surface area contributed by atoms with Gasteiger partial charge in [0.25, 0.3) is 5.91 Å². The van der Waals surface area contributed by atoms with Gasteiger partial charge in [-0.2, -0.15) is 0 Å². The van der Waals surface area contributed by atoms with Crippen molar-refractivity contribution >= 4 is 28.6 Å². The molecule has 0 aliphatic carbocycles. The van der Waals surface area contributed by atoms with Gasteiger partial charge in [-0.3, -0.25) is 4.79 Å². The first-order chi connectivity index (χ1) is 11.7. The molecule has 1 saturated heterocycles. The molecule has 0 unspecified atom stereocenters. The van der Waals surface area contributed by atoms with E-state index in [-0.39, 0.29) is 11.7 Å². The maximum atomic E-state index is 13.7. The predicted molar refractivity (Wildman–Crippen MR) is 94.0 cm³/mol. The summed E-state index contributed by atoms with van der Waals surface area (Å²) in [5.41, 5.74) is 1.35. The van der Waals surface area contributed by atoms with Crippen LogP contribution in [0.15, 0.2) is 58.3 Å². The van der Waals surface area contributed by atoms with E-state index in [0.717, 1.165) is 46.6 Å². The Balaban J connectivity index is 1.82. The first kappa shape index (κ1) is 15.3. The zero-order chi connectivity index (χ0) is 16.5. The standard InChI is InChI=1S/C19H17FN2OS/c20-13-8-9-16-15(12-13)18(24-14-6-2-1-3-7-14)17(21-16)19(23)22-10-4-5-11-22/h1-3,6-9,12,21H,4-5,10-11H2. The van der Waals surface area contributed by atoms with Gasteiger partial charge in [-0.25, -0.2) is 4.39 Å². The Morgan fingerprint density at radius 2 is 1.83 bits per heavy atom. The third kappa shape index (κ3) is 2.80. The van der Waals surface area contributed by atoms with Crippen LogP contribution in [0.1, 0.15) is 23.3 Å². The van der Waals surface area contributed by atoms with Gasteiger partial charge in [0.1, 0.15) is 11.5 Å². The molecule has 1 aliphatic heterocycles. The number of rotatable bonds is 3. The van der Waals surface area contributed by atoms with Crippen LogP contribution in [0.2, 0.25) is 0 Å². The largest absolute Gasteiger partial charge is 0.350 e. The van der Waals surface area contributed by atoms with Gasteiger partial charge in [0, 0.05) is 28.9 Å². The Morgan fingerprint density at radius 3 is 2.58 bits per heavy atom. The first-order valence-electron chi connectivity index (χ1n) is 8.06. The normalized spacial score (nSPS) is 14.5. The van der Waals surface area contributed by atoms with Crippen molar-refractivity contribution in [2.24, 2.45) is 0 Å². The van der Waals surface area contributed by atoms with E-state index in [1.165, 1.54) is 23.9 Å². The van der Waals surface area contributed by atoms with Crippen LogP contribution in [-0.2, 0) is 0 Å². The lowest BCUT2D eigenvalue weighted by Crippen LogP contribution is -2.28. The minimum Gasteiger partial charge on any atom is -0.350 e. The van der Waals surface area contributed by atoms with Crippen molar-refractivity contribution in [2.45, 2.75) is 22.6 Å². The fourth-order valence-electron chi connectivity index (χ4n) is 3.08. The Bertz CT molecular complexity index is 885. The smallest absolute Gasteiger partial charge is 0.271 e. The molecule has 0 atom stereocenters. The summed E-state index contributed by atoms with van der Waals surface area (Å²) in [4.78, 5) is 19.8. The molecule has 5 heteroatoms. The summed E-state index contributed by atoms with van der Waals surface area (Å²) in [5.74, 6) is -0.292. The van der Waals surface area contributed by atoms with Gasteiger partial charge >= 0.3 is 0 Å². The Morgan fingerprint density at radius 1 is 1.08 bits per heavy atom. The van der Waals surface area contributed by atoms with Crippen LogP contribution in [0.5, 0.6) is 0 Å². The number of carbonyl (C=O) groups is 1. The molecule has 0 radical (unpaired) electrons. The topological polar surface area (TPSA) is 36.1 Å². The molecular weight excluding hydrogens is 323 g/mol. The van der Waals surface area contributed by atoms with Gasteiger partial charge < -0.3 is 9.88 Å². The quantitative estimate of drug-likeness (QED) is 0.750. The monoisotopic (exact) mass is 340 g/mol. The molecular formula is C19H17FN2OS. The number of nitrogens with one attached hydrogen (secondary N) is 1. The number of amides is 1. The molecule has 1 aliphatic rings. The van der Waals surface area contributed by atoms with E-state index >= 15 is 0 Å². The van der Waals surface area contributed by atoms with Gasteiger partial charge in [-0.1, -0.05) is 30.0 Å². The van der Waals surface area contributed by atoms with Crippen molar-refractivity contribution in [3.63, 3.8) is 0 Å². The minimum atomic E-state index is -0.295. The maximum Gasteiger partial charge on any atom is 0.271 e. The third-order valence-corrected chi connectivity index (χ3v) is 5.42. The van der Waals surface area contributed by atoms with Crippen LogP contribution in [-0.4, -0.2) is 28.9 Å². The number of likely N-dealkylation sites (tertiary alicyclic amines) is 1. The maximum absolute atomic E-state index is 13.7. The van der Waals surface area contributed by atoms with Crippen molar-refractivity contribution in [3.8, 4) is 0 Å². The number of hydrogen-bond donors (Lipinski definition) is 1. The molecule has 1 N–H and O–H groups in total. The van der Waals surface area contributed by atoms with E-state index in [1.807, 2.05) is 35.2 Å². The molecule has 24 heavy (non-hydrogen) atoms. The zero-order valence-corrected chi connectivity index (χ0v) is 13.9. The number of nitrogens with zero attached hydrogens (tertiary/aromatic N) is 1. The molecule has 0 bridgehead atoms. The number of halogens is 1. The fraction of sp³-hybridized carbons (Fsp3) is 0.211. The minimum absolute atomic E-state index is 0.00235. The molecule has 0 saturated carbocycles. The van der Waals surface area contributed by atoms with E-state index in [9.17, 15) is 9.18 Å². The molecule has 2 aromatic carbocycles. The van der Waals surface area contributed by atoms with Gasteiger partial charge in [0.05, 0.1) is 4.90 Å². The first-order valence-corrected chi connectivity index (χ1v) is 8.87. The Kier molecular flexibility index (Phi) is 4.02. The van der Waals surface area contributed by atoms with Crippen LogP contribution < -0.4 is 0 Å². The molecule has 122 valence electrons. The number of aromatic nitrogens is 1. The van der Waals surface area contributed by atoms with Crippen LogP contribution >= 0.6 is 11.8 Å². The van der Waals surface area contributed by atoms with Gasteiger partial charge in [0.15, 0.2) is 0 Å². The highest BCUT2D eigenvalue weighted by Crippen LogP contribution is 2.37. The van der Waals surface area contributed by atoms with Crippen molar-refractivity contribution < 1.29 is 9.18 Å². The molecule has 2 heterocycles. The second kappa shape index (κ2) is 6.32. The van der Waals surface area contributed by atoms with Crippen molar-refractivity contribution in [3.05, 3.63) is 60.0 Å². The van der Waals surface area contributed by atoms with Gasteiger partial charge in [0.2, 0.25) is 0 Å². The Labute approximate surface area is 143 Å². The van der Waals surface area contributed by atoms with Crippen molar-refractivity contribution in [1.29, 1.82) is 0 Å². The highest BCUT2D eigenvalue weighted by Gasteiger charge is 2.25. The Hall–Kier alpha value is -2.27. The average Bonchev–Trinajstić information content (AvgIpc) is 3.24. The average molecular weight is 340 g/mol. The van der Waals surface area contributed by atoms with Crippen molar-refractivity contribution in [2.75, 3.05) is 13.1 Å². The summed E-state index contributed by atoms with van der Waals surface area (Å²) >= 11 is 1.50. The number of H-pyrrole nitrogens is 1. The number of fused-ring (bicyclic) bond motifs is 1. The number of benzene rings is 2. The van der Waals surface area contributed by atoms with Gasteiger partial charge in [-0.15, -0.1) is 0 Å². The summed E-state index contributed by atoms with van der Waals surface area (Å²) in [7, 11) is 0. The lowest BCUT2D eigenvalue weighted by molar-refractivity contribution is 0.0784. The van der Waals surface area contributed by atoms with Crippen molar-refractivity contribution in [1.82, 2.24) is 9.88 Å². The summed E-state index contributed by atoms with van der Waals surface area (Å²) in [5, 5.41) is 0.756. The highest BCUT2D eigenvalue weighted by atomic mass is 32.2. The number of carbonyl (C=O) groups excluding carboxylic acids is 1. The molecule has 4 rings (SSSR count). The van der Waals surface area contributed by atoms with E-state index in [2.05, 4.69) is 4.98 Å². The number of aromatic amines is 1. The molecule has 1 amide bonds. The second-order valence-electron chi connectivity index (χ2n) is 5.93. The van der Waals surface area contributed by atoms with Crippen LogP contribution in [0, 0.1) is 5.82 Å². The van der Waals surface area contributed by atoms with E-state index in [0.29, 0.717) is 5.69 Å². The third-order valence-electron chi connectivity index (χ3n) is 4.28. The molecule has 1 fully saturated rings. The fourth-order valence-corrected chi connectivity index (χ4v) is 4.13. The predicted octanol–water partition coefficient (Wildman–Crippen LogP) is 4.69. The number of hydrogen-bond acceptors (Lipinski definition) is 2. The highest BCUT2D eigenvalue weighted by molar-refractivity contribution is 7.99. The summed E-state index contributed by atoms with van der Waals surface area (Å²) in [6.07, 6.45) is 2.09. The molecule has 3 nitrogen and oxygen atoms in total. The summed E-state index contributed by atoms with van der Waals surface area (Å²) < 4.78 is 13.7. The van der Waals surface area contributed by atoms with E-state index in [1.54, 1.807) is 6.07 Å². The summed E-state index contributed by atoms with van der Waals surface area (Å²) in [6, 6.07) is 14.5. The lowest BCUT2D eigenvalue weighted by atomic mass is 10.2. The van der Waals surface area contributed by atoms with E-state index in [4.69, 9.17) is 0 Å². The second-order valence-corrected chi connectivity index (χ2v) is 7.02. The zero-order valence-electron chi connectivity index (χ0n) is 13.1. The van der Waals surface area contributed by atoms with E-state index < -0.39 is 0 Å². The SMILES string of the molecule is O=C(c1[nH]c2ccc(F)cc2c1Sc1ccccc1)N1CCCC1. The van der Waals surface area contributed by atoms with Crippen LogP contribution in [0.3, 0.4) is 0 Å². The molecule has 0 spiro atoms. The van der Waals surface area contributed by atoms with Gasteiger partial charge in [-0.05, 0) is 43.2 Å². The molecule has 1 aromatic heterocycles. The lowest BCUT2D eigenvalue weighted by Gasteiger charge is -2.15. The molecule has 3 aromatic rings.